The molecule has 92 valence electrons. The first-order chi connectivity index (χ1) is 7.92. The number of morpholine rings is 2. The molecular weight excluding hydrogens is 220 g/mol. The lowest BCUT2D eigenvalue weighted by Gasteiger charge is -2.41. The first-order valence-corrected chi connectivity index (χ1v) is 7.33. The van der Waals surface area contributed by atoms with E-state index in [1.54, 1.807) is 0 Å². The van der Waals surface area contributed by atoms with Gasteiger partial charge in [0, 0.05) is 36.4 Å². The van der Waals surface area contributed by atoms with Crippen LogP contribution < -0.4 is 0 Å². The zero-order valence-corrected chi connectivity index (χ0v) is 12.1. The average Bonchev–Trinajstić information content (AvgIpc) is 2.38. The molecule has 0 spiro atoms. The van der Waals surface area contributed by atoms with E-state index in [-0.39, 0.29) is 0 Å². The Morgan fingerprint density at radius 3 is 1.69 bits per heavy atom. The fourth-order valence-electron chi connectivity index (χ4n) is 2.33. The van der Waals surface area contributed by atoms with Gasteiger partial charge in [-0.05, 0) is 0 Å². The van der Waals surface area contributed by atoms with E-state index >= 15 is 0 Å². The lowest BCUT2D eigenvalue weighted by atomic mass is 10.3. The maximum absolute atomic E-state index is 5.42. The van der Waals surface area contributed by atoms with Crippen LogP contribution in [0.25, 0.3) is 0 Å². The van der Waals surface area contributed by atoms with Gasteiger partial charge < -0.3 is 9.47 Å². The Kier molecular flexibility index (Phi) is 4.99. The number of hydrogen-bond donors (Lipinski definition) is 0. The number of nitrogens with zero attached hydrogens (tertiary/aromatic N) is 2. The Morgan fingerprint density at radius 1 is 0.875 bits per heavy atom. The molecule has 0 N–H and O–H groups in total. The van der Waals surface area contributed by atoms with Crippen LogP contribution in [0.1, 0.15) is 0 Å². The molecule has 0 aromatic rings. The summed E-state index contributed by atoms with van der Waals surface area (Å²) in [6.45, 7) is 7.68. The van der Waals surface area contributed by atoms with Gasteiger partial charge in [0.2, 0.25) is 0 Å². The van der Waals surface area contributed by atoms with E-state index in [2.05, 4.69) is 21.6 Å². The average molecular weight is 242 g/mol. The van der Waals surface area contributed by atoms with Crippen molar-refractivity contribution in [2.24, 2.45) is 0 Å². The van der Waals surface area contributed by atoms with Crippen molar-refractivity contribution < 1.29 is 9.47 Å². The van der Waals surface area contributed by atoms with Crippen LogP contribution in [0.4, 0.5) is 0 Å². The lowest BCUT2D eigenvalue weighted by Crippen LogP contribution is -2.54. The molecular formula is C11H22N2O2Si. The highest BCUT2D eigenvalue weighted by Gasteiger charge is 2.25. The molecule has 2 aliphatic heterocycles. The Morgan fingerprint density at radius 2 is 1.31 bits per heavy atom. The summed E-state index contributed by atoms with van der Waals surface area (Å²) in [7, 11) is 1.13. The van der Waals surface area contributed by atoms with Gasteiger partial charge in [0.1, 0.15) is 0 Å². The minimum atomic E-state index is 0.463. The molecule has 4 nitrogen and oxygen atoms in total. The predicted molar refractivity (Wildman–Crippen MR) is 67.7 cm³/mol. The van der Waals surface area contributed by atoms with E-state index in [0.717, 1.165) is 62.8 Å². The SMILES string of the molecule is [SiH3]C=CC(N1CCOCC1)N1CCOCC1. The zero-order chi connectivity index (χ0) is 11.2. The van der Waals surface area contributed by atoms with Gasteiger partial charge in [0.25, 0.3) is 0 Å². The molecule has 0 atom stereocenters. The highest BCUT2D eigenvalue weighted by atomic mass is 28.1. The molecule has 0 amide bonds. The molecule has 5 heteroatoms. The molecule has 0 unspecified atom stereocenters. The van der Waals surface area contributed by atoms with Crippen molar-refractivity contribution in [1.82, 2.24) is 9.80 Å². The molecule has 0 aromatic heterocycles. The van der Waals surface area contributed by atoms with Crippen LogP contribution in [-0.2, 0) is 9.47 Å². The van der Waals surface area contributed by atoms with Crippen LogP contribution in [0.2, 0.25) is 0 Å². The monoisotopic (exact) mass is 242 g/mol. The molecule has 2 heterocycles. The third-order valence-corrected chi connectivity index (χ3v) is 3.59. The Balaban J connectivity index is 1.96. The van der Waals surface area contributed by atoms with Gasteiger partial charge in [-0.1, -0.05) is 6.08 Å². The van der Waals surface area contributed by atoms with Crippen molar-refractivity contribution in [2.45, 2.75) is 6.17 Å². The van der Waals surface area contributed by atoms with Crippen LogP contribution in [0.3, 0.4) is 0 Å². The topological polar surface area (TPSA) is 24.9 Å². The van der Waals surface area contributed by atoms with Crippen LogP contribution in [-0.4, -0.2) is 78.8 Å². The quantitative estimate of drug-likeness (QED) is 0.584. The largest absolute Gasteiger partial charge is 0.379 e. The fraction of sp³-hybridized carbons (Fsp3) is 0.818. The van der Waals surface area contributed by atoms with E-state index in [1.165, 1.54) is 0 Å². The number of rotatable bonds is 3. The lowest BCUT2D eigenvalue weighted by molar-refractivity contribution is -0.0490. The third kappa shape index (κ3) is 3.15. The Bertz CT molecular complexity index is 208. The van der Waals surface area contributed by atoms with Crippen molar-refractivity contribution in [1.29, 1.82) is 0 Å². The van der Waals surface area contributed by atoms with Crippen LogP contribution >= 0.6 is 0 Å². The van der Waals surface area contributed by atoms with E-state index in [4.69, 9.17) is 9.47 Å². The number of hydrogen-bond acceptors (Lipinski definition) is 4. The van der Waals surface area contributed by atoms with Crippen LogP contribution in [0, 0.1) is 0 Å². The summed E-state index contributed by atoms with van der Waals surface area (Å²) < 4.78 is 10.8. The molecule has 16 heavy (non-hydrogen) atoms. The van der Waals surface area contributed by atoms with Crippen molar-refractivity contribution in [3.63, 3.8) is 0 Å². The molecule has 0 aliphatic carbocycles. The standard InChI is InChI=1S/C11H22N2O2Si/c16-10-1-11(12-2-6-14-7-3-12)13-4-8-15-9-5-13/h1,10-11H,2-9H2,16H3. The number of ether oxygens (including phenoxy) is 2. The molecule has 2 saturated heterocycles. The third-order valence-electron chi connectivity index (χ3n) is 3.20. The first-order valence-electron chi connectivity index (χ1n) is 6.18. The highest BCUT2D eigenvalue weighted by Crippen LogP contribution is 2.12. The van der Waals surface area contributed by atoms with E-state index in [1.807, 2.05) is 0 Å². The van der Waals surface area contributed by atoms with E-state index in [9.17, 15) is 0 Å². The Hall–Kier alpha value is -0.203. The second-order valence-corrected chi connectivity index (χ2v) is 4.90. The van der Waals surface area contributed by atoms with Gasteiger partial charge >= 0.3 is 0 Å². The molecule has 0 radical (unpaired) electrons. The molecule has 2 aliphatic rings. The molecule has 2 fully saturated rings. The van der Waals surface area contributed by atoms with Gasteiger partial charge in [-0.2, -0.15) is 0 Å². The smallest absolute Gasteiger partial charge is 0.0814 e. The van der Waals surface area contributed by atoms with Crippen molar-refractivity contribution in [3.8, 4) is 0 Å². The minimum Gasteiger partial charge on any atom is -0.379 e. The van der Waals surface area contributed by atoms with Gasteiger partial charge in [-0.15, -0.1) is 5.70 Å². The summed E-state index contributed by atoms with van der Waals surface area (Å²) in [6, 6.07) is 0. The maximum atomic E-state index is 5.42. The highest BCUT2D eigenvalue weighted by molar-refractivity contribution is 6.17. The summed E-state index contributed by atoms with van der Waals surface area (Å²) in [6.07, 6.45) is 2.81. The molecule has 0 saturated carbocycles. The summed E-state index contributed by atoms with van der Waals surface area (Å²) in [4.78, 5) is 5.03. The first kappa shape index (κ1) is 12.3. The van der Waals surface area contributed by atoms with Gasteiger partial charge in [0.15, 0.2) is 0 Å². The van der Waals surface area contributed by atoms with Crippen LogP contribution in [0.15, 0.2) is 11.8 Å². The molecule has 0 aromatic carbocycles. The van der Waals surface area contributed by atoms with Gasteiger partial charge in [-0.25, -0.2) is 0 Å². The zero-order valence-electron chi connectivity index (χ0n) is 10.1. The molecule has 0 bridgehead atoms. The van der Waals surface area contributed by atoms with Gasteiger partial charge in [0.05, 0.1) is 32.6 Å². The minimum absolute atomic E-state index is 0.463. The second-order valence-electron chi connectivity index (χ2n) is 4.24. The van der Waals surface area contributed by atoms with Crippen molar-refractivity contribution in [3.05, 3.63) is 11.8 Å². The maximum Gasteiger partial charge on any atom is 0.0814 e. The van der Waals surface area contributed by atoms with E-state index in [0.29, 0.717) is 6.17 Å². The van der Waals surface area contributed by atoms with Crippen LogP contribution in [0.5, 0.6) is 0 Å². The summed E-state index contributed by atoms with van der Waals surface area (Å²) >= 11 is 0. The van der Waals surface area contributed by atoms with Crippen molar-refractivity contribution >= 4 is 10.2 Å². The molecule has 2 rings (SSSR count). The summed E-state index contributed by atoms with van der Waals surface area (Å²) in [5, 5.41) is 0. The van der Waals surface area contributed by atoms with E-state index < -0.39 is 0 Å². The Labute approximate surface area is 101 Å². The predicted octanol–water partition coefficient (Wildman–Crippen LogP) is -1.14. The second kappa shape index (κ2) is 6.51. The van der Waals surface area contributed by atoms with Crippen molar-refractivity contribution in [2.75, 3.05) is 52.6 Å². The fourth-order valence-corrected chi connectivity index (χ4v) is 2.67. The van der Waals surface area contributed by atoms with Gasteiger partial charge in [-0.3, -0.25) is 9.80 Å². The summed E-state index contributed by atoms with van der Waals surface area (Å²) in [5.74, 6) is 0. The normalized spacial score (nSPS) is 25.8. The summed E-state index contributed by atoms with van der Waals surface area (Å²) in [5.41, 5.74) is 2.29.